The lowest BCUT2D eigenvalue weighted by Gasteiger charge is -2.39. The van der Waals surface area contributed by atoms with Crippen LogP contribution in [0.2, 0.25) is 0 Å². The summed E-state index contributed by atoms with van der Waals surface area (Å²) in [4.78, 5) is 0. The van der Waals surface area contributed by atoms with Crippen LogP contribution in [0, 0.1) is 11.3 Å². The average molecular weight is 206 g/mol. The van der Waals surface area contributed by atoms with Gasteiger partial charge in [-0.3, -0.25) is 0 Å². The van der Waals surface area contributed by atoms with E-state index in [0.29, 0.717) is 5.41 Å². The minimum atomic E-state index is -0.294. The molecule has 0 aromatic carbocycles. The van der Waals surface area contributed by atoms with Crippen molar-refractivity contribution in [2.45, 2.75) is 63.9 Å². The highest BCUT2D eigenvalue weighted by Gasteiger charge is 2.56. The molecule has 1 N–H and O–H groups in total. The van der Waals surface area contributed by atoms with Gasteiger partial charge in [0.05, 0.1) is 5.60 Å². The first-order valence-corrected chi connectivity index (χ1v) is 6.54. The summed E-state index contributed by atoms with van der Waals surface area (Å²) in [7, 11) is 0. The van der Waals surface area contributed by atoms with Crippen molar-refractivity contribution >= 4 is 0 Å². The van der Waals surface area contributed by atoms with E-state index in [-0.39, 0.29) is 5.60 Å². The highest BCUT2D eigenvalue weighted by atomic mass is 16.3. The molecule has 0 radical (unpaired) electrons. The Balaban J connectivity index is 1.89. The molecule has 2 saturated carbocycles. The Bertz CT molecular complexity index is 306. The first-order chi connectivity index (χ1) is 7.12. The number of fused-ring (bicyclic) bond motifs is 2. The lowest BCUT2D eigenvalue weighted by Crippen LogP contribution is -2.32. The van der Waals surface area contributed by atoms with Crippen molar-refractivity contribution in [1.82, 2.24) is 0 Å². The molecule has 3 rings (SSSR count). The van der Waals surface area contributed by atoms with Crippen LogP contribution >= 0.6 is 0 Å². The fourth-order valence-corrected chi connectivity index (χ4v) is 4.37. The Morgan fingerprint density at radius 3 is 2.80 bits per heavy atom. The monoisotopic (exact) mass is 206 g/mol. The van der Waals surface area contributed by atoms with Gasteiger partial charge in [-0.15, -0.1) is 0 Å². The van der Waals surface area contributed by atoms with E-state index in [1.807, 2.05) is 0 Å². The second-order valence-corrected chi connectivity index (χ2v) is 6.23. The normalized spacial score (nSPS) is 49.5. The maximum atomic E-state index is 10.4. The maximum absolute atomic E-state index is 10.4. The van der Waals surface area contributed by atoms with Crippen LogP contribution < -0.4 is 0 Å². The molecule has 3 atom stereocenters. The van der Waals surface area contributed by atoms with Crippen LogP contribution in [-0.4, -0.2) is 10.7 Å². The van der Waals surface area contributed by atoms with Crippen LogP contribution in [0.5, 0.6) is 0 Å². The molecular formula is C14H22O. The molecule has 3 aliphatic carbocycles. The molecule has 0 heterocycles. The molecule has 0 aromatic heterocycles. The Labute approximate surface area is 92.6 Å². The van der Waals surface area contributed by atoms with Crippen molar-refractivity contribution in [1.29, 1.82) is 0 Å². The summed E-state index contributed by atoms with van der Waals surface area (Å²) in [5, 5.41) is 10.4. The van der Waals surface area contributed by atoms with E-state index in [0.717, 1.165) is 25.2 Å². The van der Waals surface area contributed by atoms with Crippen LogP contribution in [0.25, 0.3) is 0 Å². The smallest absolute Gasteiger partial charge is 0.0659 e. The van der Waals surface area contributed by atoms with E-state index in [4.69, 9.17) is 0 Å². The van der Waals surface area contributed by atoms with Gasteiger partial charge in [0.25, 0.3) is 0 Å². The molecule has 0 aromatic rings. The summed E-state index contributed by atoms with van der Waals surface area (Å²) in [5.41, 5.74) is 1.74. The second kappa shape index (κ2) is 3.10. The molecule has 0 saturated heterocycles. The molecule has 1 nitrogen and oxygen atoms in total. The van der Waals surface area contributed by atoms with Crippen molar-refractivity contribution in [2.24, 2.45) is 11.3 Å². The molecule has 15 heavy (non-hydrogen) atoms. The largest absolute Gasteiger partial charge is 0.390 e. The van der Waals surface area contributed by atoms with Gasteiger partial charge in [-0.25, -0.2) is 0 Å². The summed E-state index contributed by atoms with van der Waals surface area (Å²) in [6.45, 7) is 2.41. The van der Waals surface area contributed by atoms with Gasteiger partial charge in [-0.05, 0) is 62.7 Å². The van der Waals surface area contributed by atoms with Gasteiger partial charge in [-0.1, -0.05) is 18.6 Å². The summed E-state index contributed by atoms with van der Waals surface area (Å²) in [6, 6.07) is 0. The van der Waals surface area contributed by atoms with Crippen molar-refractivity contribution in [2.75, 3.05) is 0 Å². The van der Waals surface area contributed by atoms with Gasteiger partial charge >= 0.3 is 0 Å². The van der Waals surface area contributed by atoms with Gasteiger partial charge in [0.2, 0.25) is 0 Å². The summed E-state index contributed by atoms with van der Waals surface area (Å²) < 4.78 is 0. The van der Waals surface area contributed by atoms with E-state index in [1.54, 1.807) is 5.57 Å². The SMILES string of the molecule is CC1(C2=CCCCC2)CC2(O)CCC1C2. The quantitative estimate of drug-likeness (QED) is 0.652. The molecule has 2 bridgehead atoms. The van der Waals surface area contributed by atoms with E-state index >= 15 is 0 Å². The van der Waals surface area contributed by atoms with Crippen LogP contribution in [0.3, 0.4) is 0 Å². The second-order valence-electron chi connectivity index (χ2n) is 6.23. The highest BCUT2D eigenvalue weighted by Crippen LogP contribution is 2.61. The third kappa shape index (κ3) is 1.39. The maximum Gasteiger partial charge on any atom is 0.0659 e. The number of hydrogen-bond acceptors (Lipinski definition) is 1. The van der Waals surface area contributed by atoms with Crippen LogP contribution in [0.1, 0.15) is 58.3 Å². The Kier molecular flexibility index (Phi) is 2.04. The minimum absolute atomic E-state index is 0.294. The van der Waals surface area contributed by atoms with E-state index in [1.165, 1.54) is 32.1 Å². The Hall–Kier alpha value is -0.300. The predicted octanol–water partition coefficient (Wildman–Crippen LogP) is 3.43. The van der Waals surface area contributed by atoms with Crippen LogP contribution in [0.15, 0.2) is 11.6 Å². The van der Waals surface area contributed by atoms with Gasteiger partial charge in [0.15, 0.2) is 0 Å². The van der Waals surface area contributed by atoms with Gasteiger partial charge in [-0.2, -0.15) is 0 Å². The predicted molar refractivity (Wildman–Crippen MR) is 61.6 cm³/mol. The van der Waals surface area contributed by atoms with Crippen molar-refractivity contribution < 1.29 is 5.11 Å². The zero-order valence-electron chi connectivity index (χ0n) is 9.76. The molecule has 0 amide bonds. The fourth-order valence-electron chi connectivity index (χ4n) is 4.37. The Morgan fingerprint density at radius 2 is 2.27 bits per heavy atom. The topological polar surface area (TPSA) is 20.2 Å². The third-order valence-electron chi connectivity index (χ3n) is 5.21. The molecule has 84 valence electrons. The zero-order chi connectivity index (χ0) is 10.5. The minimum Gasteiger partial charge on any atom is -0.390 e. The fraction of sp³-hybridized carbons (Fsp3) is 0.857. The summed E-state index contributed by atoms with van der Waals surface area (Å²) in [5.74, 6) is 0.770. The van der Waals surface area contributed by atoms with Crippen molar-refractivity contribution in [3.05, 3.63) is 11.6 Å². The standard InChI is InChI=1S/C14H22O/c1-13(11-5-3-2-4-6-11)10-14(15)8-7-12(13)9-14/h5,12,15H,2-4,6-10H2,1H3. The molecular weight excluding hydrogens is 184 g/mol. The molecule has 3 unspecified atom stereocenters. The summed E-state index contributed by atoms with van der Waals surface area (Å²) >= 11 is 0. The lowest BCUT2D eigenvalue weighted by molar-refractivity contribution is 0.0305. The van der Waals surface area contributed by atoms with Gasteiger partial charge < -0.3 is 5.11 Å². The average Bonchev–Trinajstić information content (AvgIpc) is 2.73. The highest BCUT2D eigenvalue weighted by molar-refractivity contribution is 5.24. The molecule has 0 spiro atoms. The molecule has 2 fully saturated rings. The lowest BCUT2D eigenvalue weighted by atomic mass is 9.66. The molecule has 0 aliphatic heterocycles. The van der Waals surface area contributed by atoms with E-state index in [9.17, 15) is 5.11 Å². The van der Waals surface area contributed by atoms with Gasteiger partial charge in [0, 0.05) is 0 Å². The van der Waals surface area contributed by atoms with Gasteiger partial charge in [0.1, 0.15) is 0 Å². The number of hydrogen-bond donors (Lipinski definition) is 1. The van der Waals surface area contributed by atoms with E-state index < -0.39 is 0 Å². The summed E-state index contributed by atoms with van der Waals surface area (Å²) in [6.07, 6.45) is 12.2. The van der Waals surface area contributed by atoms with E-state index in [2.05, 4.69) is 13.0 Å². The Morgan fingerprint density at radius 1 is 1.40 bits per heavy atom. The molecule has 3 aliphatic rings. The van der Waals surface area contributed by atoms with Crippen LogP contribution in [-0.2, 0) is 0 Å². The zero-order valence-corrected chi connectivity index (χ0v) is 9.76. The number of allylic oxidation sites excluding steroid dienone is 2. The van der Waals surface area contributed by atoms with Crippen molar-refractivity contribution in [3.63, 3.8) is 0 Å². The van der Waals surface area contributed by atoms with Crippen molar-refractivity contribution in [3.8, 4) is 0 Å². The van der Waals surface area contributed by atoms with Crippen LogP contribution in [0.4, 0.5) is 0 Å². The first kappa shape index (κ1) is 9.89. The third-order valence-corrected chi connectivity index (χ3v) is 5.21. The number of aliphatic hydroxyl groups is 1. The molecule has 1 heteroatoms. The first-order valence-electron chi connectivity index (χ1n) is 6.54. The number of rotatable bonds is 1.